The van der Waals surface area contributed by atoms with E-state index in [-0.39, 0.29) is 7.12 Å². The van der Waals surface area contributed by atoms with Gasteiger partial charge in [-0.3, -0.25) is 0 Å². The minimum atomic E-state index is -0.340. The summed E-state index contributed by atoms with van der Waals surface area (Å²) in [6.07, 6.45) is 10.3. The number of allylic oxidation sites excluding steroid dienone is 2. The van der Waals surface area contributed by atoms with E-state index < -0.39 is 0 Å². The third-order valence-electron chi connectivity index (χ3n) is 2.98. The van der Waals surface area contributed by atoms with Crippen molar-refractivity contribution in [2.24, 2.45) is 5.92 Å². The van der Waals surface area contributed by atoms with Crippen LogP contribution >= 0.6 is 0 Å². The Bertz CT molecular complexity index is 485. The van der Waals surface area contributed by atoms with Crippen LogP contribution in [-0.4, -0.2) is 20.3 Å². The van der Waals surface area contributed by atoms with E-state index in [4.69, 9.17) is 14.0 Å². The zero-order valence-electron chi connectivity index (χ0n) is 10.6. The van der Waals surface area contributed by atoms with Crippen molar-refractivity contribution in [3.63, 3.8) is 0 Å². The van der Waals surface area contributed by atoms with Crippen LogP contribution in [0.15, 0.2) is 60.6 Å². The molecule has 0 bridgehead atoms. The minimum absolute atomic E-state index is 0.340. The predicted molar refractivity (Wildman–Crippen MR) is 75.2 cm³/mol. The summed E-state index contributed by atoms with van der Waals surface area (Å²) in [4.78, 5) is 0. The van der Waals surface area contributed by atoms with Crippen molar-refractivity contribution in [1.29, 1.82) is 0 Å². The lowest BCUT2D eigenvalue weighted by Gasteiger charge is -2.04. The Morgan fingerprint density at radius 2 is 1.79 bits per heavy atom. The van der Waals surface area contributed by atoms with Crippen LogP contribution in [0.5, 0.6) is 11.5 Å². The lowest BCUT2D eigenvalue weighted by atomic mass is 9.90. The third kappa shape index (κ3) is 3.09. The lowest BCUT2D eigenvalue weighted by Crippen LogP contribution is -2.21. The van der Waals surface area contributed by atoms with E-state index >= 15 is 0 Å². The molecule has 1 aromatic carbocycles. The average molecular weight is 254 g/mol. The number of benzene rings is 1. The lowest BCUT2D eigenvalue weighted by molar-refractivity contribution is 0.150. The van der Waals surface area contributed by atoms with Gasteiger partial charge in [-0.1, -0.05) is 42.5 Å². The number of para-hydroxylation sites is 2. The largest absolute Gasteiger partial charge is 0.624 e. The number of hydrogen-bond acceptors (Lipinski definition) is 3. The molecular formula is C15H15BO3. The zero-order chi connectivity index (χ0) is 12.9. The van der Waals surface area contributed by atoms with Gasteiger partial charge in [0, 0.05) is 5.92 Å². The van der Waals surface area contributed by atoms with Crippen LogP contribution in [0.1, 0.15) is 0 Å². The smallest absolute Gasteiger partial charge is 0.520 e. The molecule has 3 nitrogen and oxygen atoms in total. The molecule has 0 N–H and O–H groups in total. The minimum Gasteiger partial charge on any atom is -0.520 e. The Hall–Kier alpha value is -1.94. The second kappa shape index (κ2) is 5.80. The standard InChI is InChI=1S/C15H15BO3/c1-2-7-13(6-1)12-17-11-5-10-16-18-14-8-3-4-9-15(14)19-16/h1-10,13H,11-12H2/b10-5+. The number of hydrogen-bond donors (Lipinski definition) is 0. The van der Waals surface area contributed by atoms with E-state index in [2.05, 4.69) is 12.2 Å². The fourth-order valence-electron chi connectivity index (χ4n) is 2.03. The summed E-state index contributed by atoms with van der Waals surface area (Å²) in [7, 11) is -0.340. The molecule has 0 spiro atoms. The summed E-state index contributed by atoms with van der Waals surface area (Å²) in [5, 5.41) is 0. The molecule has 0 aromatic heterocycles. The van der Waals surface area contributed by atoms with Gasteiger partial charge in [-0.2, -0.15) is 0 Å². The molecule has 2 aliphatic rings. The molecule has 0 fully saturated rings. The first kappa shape index (κ1) is 12.1. The molecule has 19 heavy (non-hydrogen) atoms. The summed E-state index contributed by atoms with van der Waals surface area (Å²) >= 11 is 0. The number of fused-ring (bicyclic) bond motifs is 1. The van der Waals surface area contributed by atoms with Crippen molar-refractivity contribution in [2.45, 2.75) is 0 Å². The van der Waals surface area contributed by atoms with E-state index in [9.17, 15) is 0 Å². The van der Waals surface area contributed by atoms with Crippen LogP contribution in [0.4, 0.5) is 0 Å². The Balaban J connectivity index is 1.39. The summed E-state index contributed by atoms with van der Waals surface area (Å²) in [6, 6.07) is 7.66. The molecule has 4 heteroatoms. The summed E-state index contributed by atoms with van der Waals surface area (Å²) in [6.45, 7) is 1.28. The Kier molecular flexibility index (Phi) is 3.70. The summed E-state index contributed by atoms with van der Waals surface area (Å²) < 4.78 is 16.8. The number of rotatable bonds is 5. The second-order valence-electron chi connectivity index (χ2n) is 4.45. The first-order chi connectivity index (χ1) is 9.42. The Labute approximate surface area is 113 Å². The highest BCUT2D eigenvalue weighted by Gasteiger charge is 2.28. The maximum Gasteiger partial charge on any atom is 0.624 e. The van der Waals surface area contributed by atoms with Crippen LogP contribution in [-0.2, 0) is 4.74 Å². The van der Waals surface area contributed by atoms with Gasteiger partial charge in [-0.25, -0.2) is 0 Å². The highest BCUT2D eigenvalue weighted by atomic mass is 16.6. The van der Waals surface area contributed by atoms with Crippen LogP contribution in [0.25, 0.3) is 0 Å². The van der Waals surface area contributed by atoms with Crippen LogP contribution in [0.3, 0.4) is 0 Å². The van der Waals surface area contributed by atoms with E-state index in [0.29, 0.717) is 19.1 Å². The molecule has 0 saturated heterocycles. The molecule has 0 radical (unpaired) electrons. The van der Waals surface area contributed by atoms with E-state index in [1.165, 1.54) is 0 Å². The van der Waals surface area contributed by atoms with Gasteiger partial charge in [0.15, 0.2) is 0 Å². The highest BCUT2D eigenvalue weighted by molar-refractivity contribution is 6.53. The van der Waals surface area contributed by atoms with Gasteiger partial charge >= 0.3 is 7.12 Å². The van der Waals surface area contributed by atoms with Gasteiger partial charge in [-0.05, 0) is 18.1 Å². The Morgan fingerprint density at radius 1 is 1.11 bits per heavy atom. The van der Waals surface area contributed by atoms with E-state index in [0.717, 1.165) is 11.5 Å². The molecule has 1 aliphatic heterocycles. The van der Waals surface area contributed by atoms with Crippen LogP contribution < -0.4 is 9.31 Å². The molecule has 0 atom stereocenters. The van der Waals surface area contributed by atoms with Gasteiger partial charge in [0.1, 0.15) is 11.5 Å². The zero-order valence-corrected chi connectivity index (χ0v) is 10.6. The fraction of sp³-hybridized carbons (Fsp3) is 0.200. The van der Waals surface area contributed by atoms with Crippen molar-refractivity contribution in [1.82, 2.24) is 0 Å². The monoisotopic (exact) mass is 254 g/mol. The maximum atomic E-state index is 5.60. The van der Waals surface area contributed by atoms with Crippen molar-refractivity contribution in [2.75, 3.05) is 13.2 Å². The normalized spacial score (nSPS) is 16.9. The highest BCUT2D eigenvalue weighted by Crippen LogP contribution is 2.32. The molecule has 96 valence electrons. The molecular weight excluding hydrogens is 239 g/mol. The van der Waals surface area contributed by atoms with Gasteiger partial charge in [0.25, 0.3) is 0 Å². The Morgan fingerprint density at radius 3 is 2.47 bits per heavy atom. The van der Waals surface area contributed by atoms with E-state index in [1.807, 2.05) is 48.5 Å². The van der Waals surface area contributed by atoms with Crippen LogP contribution in [0.2, 0.25) is 0 Å². The first-order valence-electron chi connectivity index (χ1n) is 6.43. The molecule has 0 amide bonds. The van der Waals surface area contributed by atoms with Gasteiger partial charge in [-0.15, -0.1) is 0 Å². The molecule has 1 aliphatic carbocycles. The van der Waals surface area contributed by atoms with E-state index in [1.54, 1.807) is 0 Å². The van der Waals surface area contributed by atoms with Gasteiger partial charge < -0.3 is 14.0 Å². The van der Waals surface area contributed by atoms with Gasteiger partial charge in [0.2, 0.25) is 0 Å². The fourth-order valence-corrected chi connectivity index (χ4v) is 2.03. The topological polar surface area (TPSA) is 27.7 Å². The second-order valence-corrected chi connectivity index (χ2v) is 4.45. The molecule has 0 saturated carbocycles. The average Bonchev–Trinajstić information content (AvgIpc) is 3.06. The molecule has 0 unspecified atom stereocenters. The number of ether oxygens (including phenoxy) is 1. The summed E-state index contributed by atoms with van der Waals surface area (Å²) in [5.74, 6) is 3.87. The quantitative estimate of drug-likeness (QED) is 0.597. The summed E-state index contributed by atoms with van der Waals surface area (Å²) in [5.41, 5.74) is 0. The third-order valence-corrected chi connectivity index (χ3v) is 2.98. The van der Waals surface area contributed by atoms with Crippen molar-refractivity contribution in [3.8, 4) is 11.5 Å². The van der Waals surface area contributed by atoms with Crippen molar-refractivity contribution >= 4 is 7.12 Å². The maximum absolute atomic E-state index is 5.60. The SMILES string of the molecule is C1=CC(COC/C=C/B2Oc3ccccc3O2)C=C1. The van der Waals surface area contributed by atoms with Gasteiger partial charge in [0.05, 0.1) is 13.2 Å². The molecule has 1 heterocycles. The molecule has 3 rings (SSSR count). The molecule has 1 aromatic rings. The van der Waals surface area contributed by atoms with Crippen molar-refractivity contribution in [3.05, 3.63) is 60.6 Å². The van der Waals surface area contributed by atoms with Crippen molar-refractivity contribution < 1.29 is 14.0 Å². The predicted octanol–water partition coefficient (Wildman–Crippen LogP) is 2.80. The first-order valence-corrected chi connectivity index (χ1v) is 6.43. The van der Waals surface area contributed by atoms with Crippen LogP contribution in [0, 0.1) is 5.92 Å².